The molecule has 114 valence electrons. The SMILES string of the molecule is CCCC(Br)C(=O)Nc1nc2ccc(C(C)CC)cc2s1. The highest BCUT2D eigenvalue weighted by molar-refractivity contribution is 9.10. The Labute approximate surface area is 138 Å². The highest BCUT2D eigenvalue weighted by Gasteiger charge is 2.16. The van der Waals surface area contributed by atoms with Crippen LogP contribution in [0.1, 0.15) is 51.5 Å². The number of nitrogens with one attached hydrogen (secondary N) is 1. The van der Waals surface area contributed by atoms with E-state index in [0.717, 1.165) is 29.5 Å². The third-order valence-electron chi connectivity index (χ3n) is 3.65. The number of hydrogen-bond acceptors (Lipinski definition) is 3. The molecule has 1 heterocycles. The Hall–Kier alpha value is -0.940. The molecule has 0 bridgehead atoms. The lowest BCUT2D eigenvalue weighted by Gasteiger charge is -2.07. The number of rotatable bonds is 6. The number of carbonyl (C=O) groups is 1. The second kappa shape index (κ2) is 7.36. The first-order valence-corrected chi connectivity index (χ1v) is 9.13. The standard InChI is InChI=1S/C16H21BrN2OS/c1-4-6-12(17)15(20)19-16-18-13-8-7-11(10(3)5-2)9-14(13)21-16/h7-10,12H,4-6H2,1-3H3,(H,18,19,20). The average molecular weight is 369 g/mol. The van der Waals surface area contributed by atoms with E-state index in [1.807, 2.05) is 6.07 Å². The molecule has 0 saturated carbocycles. The molecular weight excluding hydrogens is 348 g/mol. The lowest BCUT2D eigenvalue weighted by atomic mass is 9.99. The predicted molar refractivity (Wildman–Crippen MR) is 94.6 cm³/mol. The normalized spacial score (nSPS) is 14.1. The molecule has 1 N–H and O–H groups in total. The van der Waals surface area contributed by atoms with Gasteiger partial charge >= 0.3 is 0 Å². The van der Waals surface area contributed by atoms with Gasteiger partial charge in [0.25, 0.3) is 0 Å². The van der Waals surface area contributed by atoms with Gasteiger partial charge in [-0.15, -0.1) is 0 Å². The van der Waals surface area contributed by atoms with Gasteiger partial charge in [-0.25, -0.2) is 4.98 Å². The monoisotopic (exact) mass is 368 g/mol. The second-order valence-corrected chi connectivity index (χ2v) is 7.44. The second-order valence-electron chi connectivity index (χ2n) is 5.30. The van der Waals surface area contributed by atoms with E-state index in [2.05, 4.69) is 59.1 Å². The topological polar surface area (TPSA) is 42.0 Å². The Morgan fingerprint density at radius 2 is 2.19 bits per heavy atom. The number of amides is 1. The molecule has 0 radical (unpaired) electrons. The summed E-state index contributed by atoms with van der Waals surface area (Å²) < 4.78 is 1.13. The number of nitrogens with zero attached hydrogens (tertiary/aromatic N) is 1. The van der Waals surface area contributed by atoms with Gasteiger partial charge < -0.3 is 5.32 Å². The number of fused-ring (bicyclic) bond motifs is 1. The molecule has 1 amide bonds. The molecule has 0 aliphatic heterocycles. The smallest absolute Gasteiger partial charge is 0.239 e. The quantitative estimate of drug-likeness (QED) is 0.701. The molecule has 2 aromatic rings. The summed E-state index contributed by atoms with van der Waals surface area (Å²) >= 11 is 4.95. The summed E-state index contributed by atoms with van der Waals surface area (Å²) in [5.74, 6) is 0.532. The fraction of sp³-hybridized carbons (Fsp3) is 0.500. The first kappa shape index (κ1) is 16.4. The van der Waals surface area contributed by atoms with E-state index >= 15 is 0 Å². The van der Waals surface area contributed by atoms with Crippen molar-refractivity contribution in [3.63, 3.8) is 0 Å². The molecule has 0 saturated heterocycles. The molecule has 2 unspecified atom stereocenters. The van der Waals surface area contributed by atoms with Crippen LogP contribution in [-0.2, 0) is 4.79 Å². The van der Waals surface area contributed by atoms with Gasteiger partial charge in [-0.05, 0) is 36.5 Å². The van der Waals surface area contributed by atoms with Crippen LogP contribution in [0.3, 0.4) is 0 Å². The molecule has 3 nitrogen and oxygen atoms in total. The minimum Gasteiger partial charge on any atom is -0.301 e. The zero-order valence-electron chi connectivity index (χ0n) is 12.6. The fourth-order valence-electron chi connectivity index (χ4n) is 2.11. The van der Waals surface area contributed by atoms with Crippen molar-refractivity contribution < 1.29 is 4.79 Å². The Balaban J connectivity index is 2.17. The summed E-state index contributed by atoms with van der Waals surface area (Å²) in [6.45, 7) is 6.48. The Kier molecular flexibility index (Phi) is 5.76. The summed E-state index contributed by atoms with van der Waals surface area (Å²) in [4.78, 5) is 16.3. The van der Waals surface area contributed by atoms with E-state index in [1.165, 1.54) is 16.9 Å². The van der Waals surface area contributed by atoms with Crippen molar-refractivity contribution in [2.75, 3.05) is 5.32 Å². The van der Waals surface area contributed by atoms with Gasteiger partial charge in [-0.1, -0.05) is 60.5 Å². The molecule has 0 spiro atoms. The van der Waals surface area contributed by atoms with Crippen molar-refractivity contribution >= 4 is 48.5 Å². The van der Waals surface area contributed by atoms with Crippen LogP contribution in [0.2, 0.25) is 0 Å². The van der Waals surface area contributed by atoms with Gasteiger partial charge in [0.2, 0.25) is 5.91 Å². The van der Waals surface area contributed by atoms with Crippen LogP contribution in [0.4, 0.5) is 5.13 Å². The van der Waals surface area contributed by atoms with E-state index in [4.69, 9.17) is 0 Å². The van der Waals surface area contributed by atoms with Crippen LogP contribution >= 0.6 is 27.3 Å². The third-order valence-corrected chi connectivity index (χ3v) is 5.46. The molecular formula is C16H21BrN2OS. The summed E-state index contributed by atoms with van der Waals surface area (Å²) in [6, 6.07) is 6.36. The molecule has 2 rings (SSSR count). The van der Waals surface area contributed by atoms with Gasteiger partial charge in [0.15, 0.2) is 5.13 Å². The van der Waals surface area contributed by atoms with Crippen LogP contribution in [0.25, 0.3) is 10.2 Å². The van der Waals surface area contributed by atoms with Gasteiger partial charge in [0.05, 0.1) is 15.0 Å². The van der Waals surface area contributed by atoms with Crippen molar-refractivity contribution in [2.24, 2.45) is 0 Å². The van der Waals surface area contributed by atoms with E-state index in [-0.39, 0.29) is 10.7 Å². The summed E-state index contributed by atoms with van der Waals surface area (Å²) in [5.41, 5.74) is 2.28. The number of thiazole rings is 1. The molecule has 5 heteroatoms. The number of anilines is 1. The minimum absolute atomic E-state index is 0.0157. The van der Waals surface area contributed by atoms with Crippen molar-refractivity contribution in [3.8, 4) is 0 Å². The lowest BCUT2D eigenvalue weighted by molar-refractivity contribution is -0.115. The fourth-order valence-corrected chi connectivity index (χ4v) is 3.59. The minimum atomic E-state index is -0.148. The zero-order chi connectivity index (χ0) is 15.4. The van der Waals surface area contributed by atoms with E-state index in [0.29, 0.717) is 11.0 Å². The van der Waals surface area contributed by atoms with Crippen LogP contribution in [0.5, 0.6) is 0 Å². The van der Waals surface area contributed by atoms with Crippen molar-refractivity contribution in [1.29, 1.82) is 0 Å². The van der Waals surface area contributed by atoms with Gasteiger partial charge in [0, 0.05) is 0 Å². The van der Waals surface area contributed by atoms with Gasteiger partial charge in [-0.2, -0.15) is 0 Å². The molecule has 0 aliphatic carbocycles. The highest BCUT2D eigenvalue weighted by atomic mass is 79.9. The van der Waals surface area contributed by atoms with Crippen LogP contribution in [0.15, 0.2) is 18.2 Å². The van der Waals surface area contributed by atoms with Gasteiger partial charge in [0.1, 0.15) is 0 Å². The average Bonchev–Trinajstić information content (AvgIpc) is 2.87. The summed E-state index contributed by atoms with van der Waals surface area (Å²) in [7, 11) is 0. The number of carbonyl (C=O) groups excluding carboxylic acids is 1. The van der Waals surface area contributed by atoms with E-state index in [9.17, 15) is 4.79 Å². The summed E-state index contributed by atoms with van der Waals surface area (Å²) in [6.07, 6.45) is 2.92. The van der Waals surface area contributed by atoms with Crippen molar-refractivity contribution in [1.82, 2.24) is 4.98 Å². The first-order chi connectivity index (χ1) is 10.0. The molecule has 1 aromatic heterocycles. The Morgan fingerprint density at radius 3 is 2.86 bits per heavy atom. The van der Waals surface area contributed by atoms with E-state index in [1.54, 1.807) is 0 Å². The number of benzene rings is 1. The number of hydrogen-bond donors (Lipinski definition) is 1. The van der Waals surface area contributed by atoms with Crippen molar-refractivity contribution in [3.05, 3.63) is 23.8 Å². The zero-order valence-corrected chi connectivity index (χ0v) is 15.1. The Morgan fingerprint density at radius 1 is 1.43 bits per heavy atom. The summed E-state index contributed by atoms with van der Waals surface area (Å²) in [5, 5.41) is 3.58. The number of alkyl halides is 1. The largest absolute Gasteiger partial charge is 0.301 e. The van der Waals surface area contributed by atoms with Crippen LogP contribution in [0, 0.1) is 0 Å². The molecule has 0 aliphatic rings. The molecule has 0 fully saturated rings. The molecule has 21 heavy (non-hydrogen) atoms. The maximum Gasteiger partial charge on any atom is 0.239 e. The maximum absolute atomic E-state index is 12.0. The molecule has 2 atom stereocenters. The lowest BCUT2D eigenvalue weighted by Crippen LogP contribution is -2.22. The van der Waals surface area contributed by atoms with E-state index < -0.39 is 0 Å². The highest BCUT2D eigenvalue weighted by Crippen LogP contribution is 2.30. The van der Waals surface area contributed by atoms with Gasteiger partial charge in [-0.3, -0.25) is 4.79 Å². The Bertz CT molecular complexity index is 626. The number of aromatic nitrogens is 1. The molecule has 1 aromatic carbocycles. The predicted octanol–water partition coefficient (Wildman–Crippen LogP) is 5.31. The van der Waals surface area contributed by atoms with Crippen LogP contribution < -0.4 is 5.32 Å². The third kappa shape index (κ3) is 4.04. The number of halogens is 1. The van der Waals surface area contributed by atoms with Crippen LogP contribution in [-0.4, -0.2) is 15.7 Å². The first-order valence-electron chi connectivity index (χ1n) is 7.40. The van der Waals surface area contributed by atoms with Crippen molar-refractivity contribution in [2.45, 2.75) is 50.8 Å². The maximum atomic E-state index is 12.0.